The Labute approximate surface area is 93.2 Å². The second-order valence-corrected chi connectivity index (χ2v) is 5.30. The first-order valence-electron chi connectivity index (χ1n) is 5.88. The van der Waals surface area contributed by atoms with Gasteiger partial charge < -0.3 is 10.2 Å². The van der Waals surface area contributed by atoms with Gasteiger partial charge in [-0.1, -0.05) is 20.3 Å². The lowest BCUT2D eigenvalue weighted by Gasteiger charge is -2.30. The Bertz CT molecular complexity index is 226. The fourth-order valence-electron chi connectivity index (χ4n) is 2.44. The lowest BCUT2D eigenvalue weighted by atomic mass is 9.81. The number of hydrogen-bond acceptors (Lipinski definition) is 2. The number of carbonyl (C=O) groups is 1. The Morgan fingerprint density at radius 1 is 1.53 bits per heavy atom. The molecule has 15 heavy (non-hydrogen) atoms. The van der Waals surface area contributed by atoms with Crippen molar-refractivity contribution < 1.29 is 4.79 Å². The maximum Gasteiger partial charge on any atom is 0.226 e. The Morgan fingerprint density at radius 2 is 2.20 bits per heavy atom. The summed E-state index contributed by atoms with van der Waals surface area (Å²) in [5, 5.41) is 3.07. The first-order valence-corrected chi connectivity index (χ1v) is 5.88. The smallest absolute Gasteiger partial charge is 0.226 e. The minimum absolute atomic E-state index is 0.199. The summed E-state index contributed by atoms with van der Waals surface area (Å²) >= 11 is 0. The van der Waals surface area contributed by atoms with Gasteiger partial charge in [0, 0.05) is 26.1 Å². The summed E-state index contributed by atoms with van der Waals surface area (Å²) < 4.78 is 0. The van der Waals surface area contributed by atoms with Crippen LogP contribution in [0.5, 0.6) is 0 Å². The van der Waals surface area contributed by atoms with Gasteiger partial charge in [-0.05, 0) is 25.3 Å². The number of nitrogens with one attached hydrogen (secondary N) is 1. The Morgan fingerprint density at radius 3 is 2.67 bits per heavy atom. The molecule has 0 aromatic carbocycles. The number of rotatable bonds is 4. The molecule has 0 bridgehead atoms. The second kappa shape index (κ2) is 4.97. The third kappa shape index (κ3) is 2.94. The maximum atomic E-state index is 12.2. The predicted molar refractivity (Wildman–Crippen MR) is 62.7 cm³/mol. The zero-order valence-corrected chi connectivity index (χ0v) is 10.5. The molecule has 1 rings (SSSR count). The van der Waals surface area contributed by atoms with Crippen LogP contribution in [0.25, 0.3) is 0 Å². The number of carbonyl (C=O) groups excluding carboxylic acids is 1. The molecule has 0 aromatic rings. The topological polar surface area (TPSA) is 32.3 Å². The number of amides is 1. The van der Waals surface area contributed by atoms with Crippen LogP contribution in [-0.2, 0) is 4.79 Å². The third-order valence-electron chi connectivity index (χ3n) is 3.63. The first-order chi connectivity index (χ1) is 6.99. The zero-order chi connectivity index (χ0) is 11.5. The SMILES string of the molecule is CNCCN(C)C(=O)C1CCCC1(C)C. The molecule has 0 saturated heterocycles. The molecule has 1 aliphatic rings. The highest BCUT2D eigenvalue weighted by Gasteiger charge is 2.40. The van der Waals surface area contributed by atoms with Crippen molar-refractivity contribution in [3.05, 3.63) is 0 Å². The van der Waals surface area contributed by atoms with Crippen LogP contribution in [0.3, 0.4) is 0 Å². The molecule has 1 aliphatic carbocycles. The van der Waals surface area contributed by atoms with E-state index in [2.05, 4.69) is 19.2 Å². The van der Waals surface area contributed by atoms with Gasteiger partial charge in [-0.3, -0.25) is 4.79 Å². The second-order valence-electron chi connectivity index (χ2n) is 5.30. The van der Waals surface area contributed by atoms with Gasteiger partial charge in [0.2, 0.25) is 5.91 Å². The Hall–Kier alpha value is -0.570. The van der Waals surface area contributed by atoms with Gasteiger partial charge in [0.25, 0.3) is 0 Å². The largest absolute Gasteiger partial charge is 0.344 e. The molecule has 88 valence electrons. The van der Waals surface area contributed by atoms with Crippen molar-refractivity contribution >= 4 is 5.91 Å². The predicted octanol–water partition coefficient (Wildman–Crippen LogP) is 1.49. The van der Waals surface area contributed by atoms with E-state index in [-0.39, 0.29) is 11.3 Å². The van der Waals surface area contributed by atoms with Crippen molar-refractivity contribution in [2.45, 2.75) is 33.1 Å². The van der Waals surface area contributed by atoms with E-state index in [1.165, 1.54) is 12.8 Å². The van der Waals surface area contributed by atoms with E-state index < -0.39 is 0 Å². The van der Waals surface area contributed by atoms with E-state index in [4.69, 9.17) is 0 Å². The van der Waals surface area contributed by atoms with Crippen LogP contribution in [0.4, 0.5) is 0 Å². The van der Waals surface area contributed by atoms with Crippen LogP contribution in [0.1, 0.15) is 33.1 Å². The fourth-order valence-corrected chi connectivity index (χ4v) is 2.44. The van der Waals surface area contributed by atoms with Gasteiger partial charge in [0.1, 0.15) is 0 Å². The van der Waals surface area contributed by atoms with E-state index in [9.17, 15) is 4.79 Å². The van der Waals surface area contributed by atoms with Crippen molar-refractivity contribution in [1.82, 2.24) is 10.2 Å². The van der Waals surface area contributed by atoms with Crippen LogP contribution in [-0.4, -0.2) is 38.0 Å². The molecule has 0 radical (unpaired) electrons. The molecule has 1 amide bonds. The number of nitrogens with zero attached hydrogens (tertiary/aromatic N) is 1. The minimum Gasteiger partial charge on any atom is -0.344 e. The van der Waals surface area contributed by atoms with Gasteiger partial charge >= 0.3 is 0 Å². The van der Waals surface area contributed by atoms with E-state index in [1.807, 2.05) is 19.0 Å². The van der Waals surface area contributed by atoms with Gasteiger partial charge in [-0.2, -0.15) is 0 Å². The summed E-state index contributed by atoms with van der Waals surface area (Å²) in [4.78, 5) is 14.0. The molecule has 1 N–H and O–H groups in total. The monoisotopic (exact) mass is 212 g/mol. The number of likely N-dealkylation sites (N-methyl/N-ethyl adjacent to an activating group) is 2. The highest BCUT2D eigenvalue weighted by Crippen LogP contribution is 2.43. The molecule has 1 fully saturated rings. The highest BCUT2D eigenvalue weighted by atomic mass is 16.2. The fraction of sp³-hybridized carbons (Fsp3) is 0.917. The van der Waals surface area contributed by atoms with E-state index in [0.29, 0.717) is 5.91 Å². The summed E-state index contributed by atoms with van der Waals surface area (Å²) in [7, 11) is 3.83. The summed E-state index contributed by atoms with van der Waals surface area (Å²) in [6.07, 6.45) is 3.45. The van der Waals surface area contributed by atoms with Crippen LogP contribution in [0.15, 0.2) is 0 Å². The molecule has 0 spiro atoms. The van der Waals surface area contributed by atoms with Crippen molar-refractivity contribution in [3.63, 3.8) is 0 Å². The van der Waals surface area contributed by atoms with Crippen molar-refractivity contribution in [2.24, 2.45) is 11.3 Å². The van der Waals surface area contributed by atoms with Gasteiger partial charge in [0.15, 0.2) is 0 Å². The van der Waals surface area contributed by atoms with Gasteiger partial charge in [0.05, 0.1) is 0 Å². The summed E-state index contributed by atoms with van der Waals surface area (Å²) in [5.74, 6) is 0.562. The first kappa shape index (κ1) is 12.5. The Balaban J connectivity index is 2.52. The molecule has 0 aromatic heterocycles. The molecular formula is C12H24N2O. The van der Waals surface area contributed by atoms with Crippen LogP contribution < -0.4 is 5.32 Å². The van der Waals surface area contributed by atoms with E-state index >= 15 is 0 Å². The van der Waals surface area contributed by atoms with Gasteiger partial charge in [-0.15, -0.1) is 0 Å². The molecule has 1 unspecified atom stereocenters. The van der Waals surface area contributed by atoms with Crippen molar-refractivity contribution in [2.75, 3.05) is 27.2 Å². The molecule has 1 atom stereocenters. The molecule has 3 nitrogen and oxygen atoms in total. The van der Waals surface area contributed by atoms with Crippen LogP contribution >= 0.6 is 0 Å². The number of hydrogen-bond donors (Lipinski definition) is 1. The zero-order valence-electron chi connectivity index (χ0n) is 10.5. The standard InChI is InChI=1S/C12H24N2O/c1-12(2)7-5-6-10(12)11(15)14(4)9-8-13-3/h10,13H,5-9H2,1-4H3. The summed E-state index contributed by atoms with van der Waals surface area (Å²) in [6, 6.07) is 0. The van der Waals surface area contributed by atoms with E-state index in [0.717, 1.165) is 19.5 Å². The lowest BCUT2D eigenvalue weighted by Crippen LogP contribution is -2.40. The molecule has 1 saturated carbocycles. The van der Waals surface area contributed by atoms with Crippen LogP contribution in [0.2, 0.25) is 0 Å². The summed E-state index contributed by atoms with van der Waals surface area (Å²) in [6.45, 7) is 6.11. The average Bonchev–Trinajstić information content (AvgIpc) is 2.53. The summed E-state index contributed by atoms with van der Waals surface area (Å²) in [5.41, 5.74) is 0.199. The molecule has 0 aliphatic heterocycles. The van der Waals surface area contributed by atoms with Gasteiger partial charge in [-0.25, -0.2) is 0 Å². The lowest BCUT2D eigenvalue weighted by molar-refractivity contribution is -0.136. The molecule has 3 heteroatoms. The maximum absolute atomic E-state index is 12.2. The van der Waals surface area contributed by atoms with Crippen LogP contribution in [0, 0.1) is 11.3 Å². The molecular weight excluding hydrogens is 188 g/mol. The van der Waals surface area contributed by atoms with Crippen molar-refractivity contribution in [1.29, 1.82) is 0 Å². The minimum atomic E-state index is 0.199. The quantitative estimate of drug-likeness (QED) is 0.766. The highest BCUT2D eigenvalue weighted by molar-refractivity contribution is 5.79. The van der Waals surface area contributed by atoms with E-state index in [1.54, 1.807) is 0 Å². The average molecular weight is 212 g/mol. The third-order valence-corrected chi connectivity index (χ3v) is 3.63. The Kier molecular flexibility index (Phi) is 4.14. The van der Waals surface area contributed by atoms with Crippen molar-refractivity contribution in [3.8, 4) is 0 Å². The molecule has 0 heterocycles. The normalized spacial score (nSPS) is 24.1.